The molecule has 0 saturated heterocycles. The Hall–Kier alpha value is -0.740. The lowest BCUT2D eigenvalue weighted by atomic mass is 10.3. The summed E-state index contributed by atoms with van der Waals surface area (Å²) in [6.07, 6.45) is 2.15. The molecule has 1 rings (SSSR count). The number of nitrogens with zero attached hydrogens (tertiary/aromatic N) is 1. The van der Waals surface area contributed by atoms with E-state index in [9.17, 15) is 4.79 Å². The van der Waals surface area contributed by atoms with E-state index in [0.29, 0.717) is 6.42 Å². The van der Waals surface area contributed by atoms with Gasteiger partial charge in [0.15, 0.2) is 5.78 Å². The number of carbonyl (C=O) groups is 1. The van der Waals surface area contributed by atoms with Crippen LogP contribution in [0, 0.1) is 6.92 Å². The van der Waals surface area contributed by atoms with Crippen molar-refractivity contribution in [2.24, 2.45) is 5.73 Å². The van der Waals surface area contributed by atoms with Gasteiger partial charge in [-0.1, -0.05) is 0 Å². The van der Waals surface area contributed by atoms with Crippen molar-refractivity contribution >= 4 is 17.1 Å². The number of hydrogen-bond acceptors (Lipinski definition) is 4. The minimum absolute atomic E-state index is 0.0411. The van der Waals surface area contributed by atoms with E-state index in [0.717, 1.165) is 9.88 Å². The molecule has 0 bridgehead atoms. The maximum Gasteiger partial charge on any atom is 0.153 e. The summed E-state index contributed by atoms with van der Waals surface area (Å²) in [6.45, 7) is 2.08. The van der Waals surface area contributed by atoms with Crippen molar-refractivity contribution in [1.82, 2.24) is 4.98 Å². The van der Waals surface area contributed by atoms with Crippen molar-refractivity contribution < 1.29 is 4.79 Å². The molecule has 2 N–H and O–H groups in total. The number of aromatic nitrogens is 1. The Morgan fingerprint density at radius 3 is 3.00 bits per heavy atom. The Morgan fingerprint density at radius 2 is 2.55 bits per heavy atom. The minimum atomic E-state index is 0.0411. The van der Waals surface area contributed by atoms with E-state index < -0.39 is 0 Å². The smallest absolute Gasteiger partial charge is 0.153 e. The van der Waals surface area contributed by atoms with Gasteiger partial charge in [0, 0.05) is 11.1 Å². The molecule has 0 aliphatic heterocycles. The van der Waals surface area contributed by atoms with Crippen LogP contribution in [0.3, 0.4) is 0 Å². The largest absolute Gasteiger partial charge is 0.324 e. The van der Waals surface area contributed by atoms with Crippen molar-refractivity contribution in [3.05, 3.63) is 16.1 Å². The van der Waals surface area contributed by atoms with Gasteiger partial charge in [0.25, 0.3) is 0 Å². The maximum atomic E-state index is 10.8. The van der Waals surface area contributed by atoms with Crippen LogP contribution in [0.15, 0.2) is 6.20 Å². The number of rotatable bonds is 3. The van der Waals surface area contributed by atoms with Gasteiger partial charge in [0.05, 0.1) is 13.0 Å². The third-order valence-corrected chi connectivity index (χ3v) is 2.16. The summed E-state index contributed by atoms with van der Waals surface area (Å²) in [6, 6.07) is 0. The molecule has 0 radical (unpaired) electrons. The molecule has 0 spiro atoms. The first-order valence-electron chi connectivity index (χ1n) is 3.35. The Labute approximate surface area is 69.3 Å². The summed E-state index contributed by atoms with van der Waals surface area (Å²) >= 11 is 1.54. The summed E-state index contributed by atoms with van der Waals surface area (Å²) in [5.74, 6) is 0.0411. The van der Waals surface area contributed by atoms with Gasteiger partial charge in [-0.05, 0) is 6.92 Å². The molecule has 0 aliphatic carbocycles. The molecule has 1 heterocycles. The van der Waals surface area contributed by atoms with Gasteiger partial charge in [-0.25, -0.2) is 4.98 Å². The Balaban J connectivity index is 2.57. The van der Waals surface area contributed by atoms with Crippen LogP contribution in [0.2, 0.25) is 0 Å². The fourth-order valence-electron chi connectivity index (χ4n) is 0.724. The molecule has 0 amide bonds. The molecule has 1 aromatic rings. The molecule has 3 nitrogen and oxygen atoms in total. The Morgan fingerprint density at radius 1 is 1.82 bits per heavy atom. The highest BCUT2D eigenvalue weighted by atomic mass is 32.1. The van der Waals surface area contributed by atoms with Crippen molar-refractivity contribution in [3.63, 3.8) is 0 Å². The zero-order chi connectivity index (χ0) is 8.27. The zero-order valence-electron chi connectivity index (χ0n) is 6.33. The van der Waals surface area contributed by atoms with E-state index in [-0.39, 0.29) is 12.3 Å². The SMILES string of the molecule is Cc1cnc(CC(=O)CN)s1. The number of thiazole rings is 1. The number of ketones is 1. The van der Waals surface area contributed by atoms with Crippen LogP contribution < -0.4 is 5.73 Å². The normalized spacial score (nSPS) is 10.0. The van der Waals surface area contributed by atoms with Crippen molar-refractivity contribution in [1.29, 1.82) is 0 Å². The second-order valence-corrected chi connectivity index (χ2v) is 3.60. The molecule has 0 saturated carbocycles. The number of carbonyl (C=O) groups excluding carboxylic acids is 1. The molecule has 60 valence electrons. The zero-order valence-corrected chi connectivity index (χ0v) is 7.15. The second-order valence-electron chi connectivity index (χ2n) is 2.28. The highest BCUT2D eigenvalue weighted by molar-refractivity contribution is 7.11. The van der Waals surface area contributed by atoms with Crippen molar-refractivity contribution in [2.75, 3.05) is 6.54 Å². The molecule has 0 atom stereocenters. The summed E-state index contributed by atoms with van der Waals surface area (Å²) in [5.41, 5.74) is 5.15. The van der Waals surface area contributed by atoms with E-state index in [1.54, 1.807) is 17.5 Å². The van der Waals surface area contributed by atoms with Crippen LogP contribution in [-0.2, 0) is 11.2 Å². The van der Waals surface area contributed by atoms with E-state index in [4.69, 9.17) is 5.73 Å². The van der Waals surface area contributed by atoms with Gasteiger partial charge in [0.2, 0.25) is 0 Å². The third kappa shape index (κ3) is 2.40. The average molecular weight is 170 g/mol. The lowest BCUT2D eigenvalue weighted by molar-refractivity contribution is -0.117. The van der Waals surface area contributed by atoms with Crippen LogP contribution in [0.5, 0.6) is 0 Å². The van der Waals surface area contributed by atoms with Crippen molar-refractivity contribution in [2.45, 2.75) is 13.3 Å². The number of aryl methyl sites for hydroxylation is 1. The fourth-order valence-corrected chi connectivity index (χ4v) is 1.54. The first-order chi connectivity index (χ1) is 5.22. The Kier molecular flexibility index (Phi) is 2.73. The van der Waals surface area contributed by atoms with Crippen LogP contribution in [-0.4, -0.2) is 17.3 Å². The third-order valence-electron chi connectivity index (χ3n) is 1.25. The predicted octanol–water partition coefficient (Wildman–Crippen LogP) is 0.522. The van der Waals surface area contributed by atoms with E-state index in [1.165, 1.54) is 0 Å². The lowest BCUT2D eigenvalue weighted by Crippen LogP contribution is -2.15. The number of Topliss-reactive ketones (excluding diaryl/α,β-unsaturated/α-hetero) is 1. The van der Waals surface area contributed by atoms with Gasteiger partial charge in [-0.15, -0.1) is 11.3 Å². The number of hydrogen-bond donors (Lipinski definition) is 1. The maximum absolute atomic E-state index is 10.8. The van der Waals surface area contributed by atoms with Gasteiger partial charge in [-0.2, -0.15) is 0 Å². The molecule has 0 aliphatic rings. The van der Waals surface area contributed by atoms with E-state index in [1.807, 2.05) is 6.92 Å². The van der Waals surface area contributed by atoms with Gasteiger partial charge < -0.3 is 5.73 Å². The summed E-state index contributed by atoms with van der Waals surface area (Å²) in [7, 11) is 0. The van der Waals surface area contributed by atoms with Crippen LogP contribution in [0.1, 0.15) is 9.88 Å². The van der Waals surface area contributed by atoms with Gasteiger partial charge in [0.1, 0.15) is 5.01 Å². The predicted molar refractivity (Wildman–Crippen MR) is 44.6 cm³/mol. The molecule has 0 unspecified atom stereocenters. The standard InChI is InChI=1S/C7H10N2OS/c1-5-4-9-7(11-5)2-6(10)3-8/h4H,2-3,8H2,1H3. The molecular weight excluding hydrogens is 160 g/mol. The van der Waals surface area contributed by atoms with Gasteiger partial charge in [-0.3, -0.25) is 4.79 Å². The molecular formula is C7H10N2OS. The molecule has 0 aromatic carbocycles. The summed E-state index contributed by atoms with van der Waals surface area (Å²) in [5, 5.41) is 0.859. The first kappa shape index (κ1) is 8.36. The van der Waals surface area contributed by atoms with E-state index >= 15 is 0 Å². The van der Waals surface area contributed by atoms with Crippen molar-refractivity contribution in [3.8, 4) is 0 Å². The van der Waals surface area contributed by atoms with Crippen LogP contribution in [0.25, 0.3) is 0 Å². The quantitative estimate of drug-likeness (QED) is 0.719. The first-order valence-corrected chi connectivity index (χ1v) is 4.17. The second kappa shape index (κ2) is 3.59. The highest BCUT2D eigenvalue weighted by Crippen LogP contribution is 2.11. The lowest BCUT2D eigenvalue weighted by Gasteiger charge is -1.90. The Bertz CT molecular complexity index is 257. The summed E-state index contributed by atoms with van der Waals surface area (Å²) < 4.78 is 0. The molecule has 1 aromatic heterocycles. The molecule has 11 heavy (non-hydrogen) atoms. The number of nitrogens with two attached hydrogens (primary N) is 1. The molecule has 0 fully saturated rings. The van der Waals surface area contributed by atoms with Gasteiger partial charge >= 0.3 is 0 Å². The average Bonchev–Trinajstić information content (AvgIpc) is 2.35. The molecule has 4 heteroatoms. The van der Waals surface area contributed by atoms with Crippen LogP contribution >= 0.6 is 11.3 Å². The minimum Gasteiger partial charge on any atom is -0.324 e. The van der Waals surface area contributed by atoms with E-state index in [2.05, 4.69) is 4.98 Å². The highest BCUT2D eigenvalue weighted by Gasteiger charge is 2.03. The monoisotopic (exact) mass is 170 g/mol. The summed E-state index contributed by atoms with van der Waals surface area (Å²) in [4.78, 5) is 16.0. The fraction of sp³-hybridized carbons (Fsp3) is 0.429. The topological polar surface area (TPSA) is 56.0 Å². The van der Waals surface area contributed by atoms with Crippen LogP contribution in [0.4, 0.5) is 0 Å².